The molecule has 0 spiro atoms. The molecule has 0 radical (unpaired) electrons. The first-order valence-corrected chi connectivity index (χ1v) is 7.20. The average Bonchev–Trinajstić information content (AvgIpc) is 2.93. The predicted octanol–water partition coefficient (Wildman–Crippen LogP) is 3.26. The minimum absolute atomic E-state index is 0.754. The molecule has 108 valence electrons. The van der Waals surface area contributed by atoms with E-state index in [-0.39, 0.29) is 0 Å². The first-order chi connectivity index (χ1) is 10.7. The van der Waals surface area contributed by atoms with E-state index in [0.29, 0.717) is 0 Å². The molecule has 3 heterocycles. The lowest BCUT2D eigenvalue weighted by molar-refractivity contribution is 1.10. The highest BCUT2D eigenvalue weighted by atomic mass is 15.3. The molecule has 0 bridgehead atoms. The molecular formula is C17H15N5. The molecule has 5 heteroatoms. The van der Waals surface area contributed by atoms with Gasteiger partial charge in [-0.15, -0.1) is 10.2 Å². The number of hydrogen-bond acceptors (Lipinski definition) is 4. The Balaban J connectivity index is 2.21. The number of benzene rings is 1. The molecule has 0 N–H and O–H groups in total. The van der Waals surface area contributed by atoms with Crippen molar-refractivity contribution >= 4 is 16.8 Å². The Morgan fingerprint density at radius 1 is 0.864 bits per heavy atom. The number of rotatable bonds is 1. The second-order valence-corrected chi connectivity index (χ2v) is 5.49. The Labute approximate surface area is 127 Å². The van der Waals surface area contributed by atoms with E-state index >= 15 is 0 Å². The van der Waals surface area contributed by atoms with Crippen LogP contribution < -0.4 is 0 Å². The summed E-state index contributed by atoms with van der Waals surface area (Å²) in [6, 6.07) is 10.1. The van der Waals surface area contributed by atoms with Crippen molar-refractivity contribution in [1.29, 1.82) is 0 Å². The van der Waals surface area contributed by atoms with Gasteiger partial charge >= 0.3 is 0 Å². The molecule has 1 aromatic carbocycles. The molecule has 0 unspecified atom stereocenters. The Hall–Kier alpha value is -2.82. The molecule has 4 rings (SSSR count). The zero-order chi connectivity index (χ0) is 15.3. The molecule has 4 aromatic rings. The van der Waals surface area contributed by atoms with Crippen LogP contribution in [0.25, 0.3) is 28.2 Å². The first-order valence-electron chi connectivity index (χ1n) is 7.20. The standard InChI is InChI=1S/C17H15N5/c1-10-6-4-7-11(2)14(10)17-21-20-15-12(3)19-13-8-5-9-18-16(13)22(15)17/h4-9H,1-3H3. The normalized spacial score (nSPS) is 11.4. The zero-order valence-corrected chi connectivity index (χ0v) is 12.7. The van der Waals surface area contributed by atoms with Crippen molar-refractivity contribution in [3.63, 3.8) is 0 Å². The van der Waals surface area contributed by atoms with Gasteiger partial charge in [0.2, 0.25) is 0 Å². The second-order valence-electron chi connectivity index (χ2n) is 5.49. The molecule has 5 nitrogen and oxygen atoms in total. The number of aryl methyl sites for hydroxylation is 3. The Morgan fingerprint density at radius 2 is 1.64 bits per heavy atom. The molecule has 0 aliphatic heterocycles. The van der Waals surface area contributed by atoms with Crippen molar-refractivity contribution in [2.45, 2.75) is 20.8 Å². The summed E-state index contributed by atoms with van der Waals surface area (Å²) in [6.07, 6.45) is 1.77. The van der Waals surface area contributed by atoms with E-state index in [1.54, 1.807) is 6.20 Å². The third-order valence-corrected chi connectivity index (χ3v) is 3.96. The van der Waals surface area contributed by atoms with Gasteiger partial charge in [-0.1, -0.05) is 18.2 Å². The molecule has 0 fully saturated rings. The number of aromatic nitrogens is 5. The Kier molecular flexibility index (Phi) is 2.69. The van der Waals surface area contributed by atoms with Crippen LogP contribution in [0.3, 0.4) is 0 Å². The maximum absolute atomic E-state index is 4.57. The predicted molar refractivity (Wildman–Crippen MR) is 85.7 cm³/mol. The maximum atomic E-state index is 4.57. The Bertz CT molecular complexity index is 996. The smallest absolute Gasteiger partial charge is 0.184 e. The van der Waals surface area contributed by atoms with Crippen LogP contribution in [0.4, 0.5) is 0 Å². The molecule has 0 saturated heterocycles. The molecule has 0 saturated carbocycles. The minimum atomic E-state index is 0.754. The highest BCUT2D eigenvalue weighted by Crippen LogP contribution is 2.28. The van der Waals surface area contributed by atoms with Crippen LogP contribution in [-0.2, 0) is 0 Å². The van der Waals surface area contributed by atoms with E-state index in [0.717, 1.165) is 33.9 Å². The topological polar surface area (TPSA) is 56.0 Å². The van der Waals surface area contributed by atoms with Gasteiger partial charge in [0.25, 0.3) is 0 Å². The van der Waals surface area contributed by atoms with Gasteiger partial charge in [-0.2, -0.15) is 0 Å². The first kappa shape index (κ1) is 12.9. The van der Waals surface area contributed by atoms with E-state index < -0.39 is 0 Å². The van der Waals surface area contributed by atoms with E-state index in [4.69, 9.17) is 0 Å². The van der Waals surface area contributed by atoms with Crippen molar-refractivity contribution in [2.75, 3.05) is 0 Å². The highest BCUT2D eigenvalue weighted by Gasteiger charge is 2.17. The second kappa shape index (κ2) is 4.59. The summed E-state index contributed by atoms with van der Waals surface area (Å²) in [4.78, 5) is 9.06. The third kappa shape index (κ3) is 1.72. The van der Waals surface area contributed by atoms with Crippen molar-refractivity contribution < 1.29 is 0 Å². The van der Waals surface area contributed by atoms with Crippen LogP contribution in [0.15, 0.2) is 36.5 Å². The van der Waals surface area contributed by atoms with Gasteiger partial charge in [-0.05, 0) is 44.0 Å². The van der Waals surface area contributed by atoms with E-state index in [2.05, 4.69) is 52.2 Å². The summed E-state index contributed by atoms with van der Waals surface area (Å²) < 4.78 is 2.01. The summed E-state index contributed by atoms with van der Waals surface area (Å²) in [5.41, 5.74) is 6.69. The van der Waals surface area contributed by atoms with Gasteiger partial charge in [0.15, 0.2) is 17.1 Å². The van der Waals surface area contributed by atoms with E-state index in [9.17, 15) is 0 Å². The van der Waals surface area contributed by atoms with Gasteiger partial charge in [0.05, 0.1) is 5.69 Å². The molecule has 0 aliphatic carbocycles. The minimum Gasteiger partial charge on any atom is -0.255 e. The van der Waals surface area contributed by atoms with Gasteiger partial charge < -0.3 is 0 Å². The van der Waals surface area contributed by atoms with Crippen LogP contribution in [0.1, 0.15) is 16.8 Å². The number of nitrogens with zero attached hydrogens (tertiary/aromatic N) is 5. The lowest BCUT2D eigenvalue weighted by Crippen LogP contribution is -2.00. The van der Waals surface area contributed by atoms with Gasteiger partial charge in [0, 0.05) is 11.8 Å². The fourth-order valence-electron chi connectivity index (χ4n) is 2.93. The van der Waals surface area contributed by atoms with Gasteiger partial charge in [0.1, 0.15) is 5.52 Å². The van der Waals surface area contributed by atoms with Crippen molar-refractivity contribution in [3.05, 3.63) is 53.3 Å². The maximum Gasteiger partial charge on any atom is 0.184 e. The molecule has 0 aliphatic rings. The molecular weight excluding hydrogens is 274 g/mol. The Morgan fingerprint density at radius 3 is 2.41 bits per heavy atom. The quantitative estimate of drug-likeness (QED) is 0.539. The largest absolute Gasteiger partial charge is 0.255 e. The number of pyridine rings is 1. The summed E-state index contributed by atoms with van der Waals surface area (Å²) in [6.45, 7) is 6.13. The monoisotopic (exact) mass is 289 g/mol. The van der Waals surface area contributed by atoms with Crippen LogP contribution >= 0.6 is 0 Å². The van der Waals surface area contributed by atoms with Gasteiger partial charge in [-0.25, -0.2) is 9.97 Å². The fraction of sp³-hybridized carbons (Fsp3) is 0.176. The van der Waals surface area contributed by atoms with E-state index in [1.807, 2.05) is 23.5 Å². The summed E-state index contributed by atoms with van der Waals surface area (Å²) in [5.74, 6) is 0.819. The molecule has 22 heavy (non-hydrogen) atoms. The lowest BCUT2D eigenvalue weighted by Gasteiger charge is -2.09. The zero-order valence-electron chi connectivity index (χ0n) is 12.7. The fourth-order valence-corrected chi connectivity index (χ4v) is 2.93. The number of fused-ring (bicyclic) bond motifs is 3. The van der Waals surface area contributed by atoms with Crippen LogP contribution in [0.5, 0.6) is 0 Å². The van der Waals surface area contributed by atoms with E-state index in [1.165, 1.54) is 11.1 Å². The highest BCUT2D eigenvalue weighted by molar-refractivity contribution is 5.78. The third-order valence-electron chi connectivity index (χ3n) is 3.96. The van der Waals surface area contributed by atoms with Crippen molar-refractivity contribution in [2.24, 2.45) is 0 Å². The number of hydrogen-bond donors (Lipinski definition) is 0. The average molecular weight is 289 g/mol. The summed E-state index contributed by atoms with van der Waals surface area (Å²) in [7, 11) is 0. The summed E-state index contributed by atoms with van der Waals surface area (Å²) in [5, 5.41) is 8.77. The van der Waals surface area contributed by atoms with Gasteiger partial charge in [-0.3, -0.25) is 4.40 Å². The molecule has 0 amide bonds. The summed E-state index contributed by atoms with van der Waals surface area (Å²) >= 11 is 0. The lowest BCUT2D eigenvalue weighted by atomic mass is 10.0. The molecule has 3 aromatic heterocycles. The van der Waals surface area contributed by atoms with Crippen LogP contribution in [-0.4, -0.2) is 24.6 Å². The SMILES string of the molecule is Cc1cccc(C)c1-c1nnc2c(C)nc3cccnc3n12. The van der Waals surface area contributed by atoms with Crippen LogP contribution in [0.2, 0.25) is 0 Å². The van der Waals surface area contributed by atoms with Crippen molar-refractivity contribution in [1.82, 2.24) is 24.6 Å². The van der Waals surface area contributed by atoms with Crippen molar-refractivity contribution in [3.8, 4) is 11.4 Å². The molecule has 0 atom stereocenters. The van der Waals surface area contributed by atoms with Crippen LogP contribution in [0, 0.1) is 20.8 Å².